The highest BCUT2D eigenvalue weighted by atomic mass is 19.1. The molecule has 2 rings (SSSR count). The zero-order valence-corrected chi connectivity index (χ0v) is 9.32. The first-order chi connectivity index (χ1) is 8.24. The van der Waals surface area contributed by atoms with Gasteiger partial charge < -0.3 is 5.32 Å². The molecule has 0 saturated carbocycles. The van der Waals surface area contributed by atoms with Crippen LogP contribution < -0.4 is 5.32 Å². The van der Waals surface area contributed by atoms with Gasteiger partial charge in [-0.15, -0.1) is 0 Å². The molecular formula is C13H12F2N2. The Morgan fingerprint density at radius 3 is 2.29 bits per heavy atom. The predicted octanol–water partition coefficient (Wildman–Crippen LogP) is 2.67. The fourth-order valence-corrected chi connectivity index (χ4v) is 1.77. The van der Waals surface area contributed by atoms with Crippen LogP contribution >= 0.6 is 0 Å². The van der Waals surface area contributed by atoms with Gasteiger partial charge in [-0.25, -0.2) is 8.78 Å². The maximum absolute atomic E-state index is 13.7. The van der Waals surface area contributed by atoms with E-state index in [4.69, 9.17) is 0 Å². The van der Waals surface area contributed by atoms with Gasteiger partial charge >= 0.3 is 0 Å². The van der Waals surface area contributed by atoms with E-state index < -0.39 is 17.7 Å². The number of rotatable bonds is 3. The summed E-state index contributed by atoms with van der Waals surface area (Å²) >= 11 is 0. The molecule has 0 saturated heterocycles. The Morgan fingerprint density at radius 1 is 1.06 bits per heavy atom. The maximum atomic E-state index is 13.7. The van der Waals surface area contributed by atoms with Gasteiger partial charge in [-0.05, 0) is 31.3 Å². The highest BCUT2D eigenvalue weighted by Crippen LogP contribution is 2.25. The minimum atomic E-state index is -0.586. The number of aromatic nitrogens is 1. The number of halogens is 2. The summed E-state index contributed by atoms with van der Waals surface area (Å²) in [6.07, 6.45) is 1.60. The van der Waals surface area contributed by atoms with Crippen LogP contribution in [0.4, 0.5) is 8.78 Å². The van der Waals surface area contributed by atoms with Crippen molar-refractivity contribution in [2.75, 3.05) is 7.05 Å². The van der Waals surface area contributed by atoms with Crippen molar-refractivity contribution in [1.82, 2.24) is 10.3 Å². The van der Waals surface area contributed by atoms with E-state index in [0.29, 0.717) is 5.69 Å². The Kier molecular flexibility index (Phi) is 3.44. The van der Waals surface area contributed by atoms with Crippen LogP contribution in [0.5, 0.6) is 0 Å². The van der Waals surface area contributed by atoms with E-state index in [1.807, 2.05) is 0 Å². The molecule has 2 aromatic rings. The second kappa shape index (κ2) is 5.01. The monoisotopic (exact) mass is 234 g/mol. The van der Waals surface area contributed by atoms with Gasteiger partial charge in [0.05, 0.1) is 11.7 Å². The summed E-state index contributed by atoms with van der Waals surface area (Å²) in [5.74, 6) is -1.15. The minimum Gasteiger partial charge on any atom is -0.308 e. The molecule has 1 aromatic carbocycles. The number of hydrogen-bond donors (Lipinski definition) is 1. The lowest BCUT2D eigenvalue weighted by molar-refractivity contribution is 0.518. The molecular weight excluding hydrogens is 222 g/mol. The zero-order valence-electron chi connectivity index (χ0n) is 9.32. The van der Waals surface area contributed by atoms with Crippen molar-refractivity contribution in [1.29, 1.82) is 0 Å². The molecule has 0 bridgehead atoms. The van der Waals surface area contributed by atoms with Gasteiger partial charge in [0, 0.05) is 11.8 Å². The molecule has 17 heavy (non-hydrogen) atoms. The second-order valence-corrected chi connectivity index (χ2v) is 3.61. The molecule has 1 aromatic heterocycles. The molecule has 1 N–H and O–H groups in total. The third-order valence-corrected chi connectivity index (χ3v) is 2.56. The molecule has 0 aliphatic heterocycles. The van der Waals surface area contributed by atoms with Crippen molar-refractivity contribution in [3.63, 3.8) is 0 Å². The SMILES string of the molecule is CNC(c1ccccn1)c1c(F)cccc1F. The molecule has 4 heteroatoms. The molecule has 0 aliphatic rings. The predicted molar refractivity (Wildman–Crippen MR) is 61.5 cm³/mol. The quantitative estimate of drug-likeness (QED) is 0.883. The van der Waals surface area contributed by atoms with Crippen LogP contribution in [0.2, 0.25) is 0 Å². The Hall–Kier alpha value is -1.81. The number of nitrogens with zero attached hydrogens (tertiary/aromatic N) is 1. The molecule has 0 aliphatic carbocycles. The van der Waals surface area contributed by atoms with Crippen LogP contribution in [0.1, 0.15) is 17.3 Å². The summed E-state index contributed by atoms with van der Waals surface area (Å²) in [6.45, 7) is 0. The van der Waals surface area contributed by atoms with Crippen LogP contribution in [0.25, 0.3) is 0 Å². The van der Waals surface area contributed by atoms with Gasteiger partial charge in [-0.2, -0.15) is 0 Å². The number of hydrogen-bond acceptors (Lipinski definition) is 2. The lowest BCUT2D eigenvalue weighted by Crippen LogP contribution is -2.21. The highest BCUT2D eigenvalue weighted by molar-refractivity contribution is 5.30. The zero-order chi connectivity index (χ0) is 12.3. The minimum absolute atomic E-state index is 0.00583. The van der Waals surface area contributed by atoms with Crippen LogP contribution in [-0.4, -0.2) is 12.0 Å². The number of pyridine rings is 1. The van der Waals surface area contributed by atoms with Gasteiger partial charge in [-0.1, -0.05) is 12.1 Å². The molecule has 0 radical (unpaired) electrons. The highest BCUT2D eigenvalue weighted by Gasteiger charge is 2.20. The first-order valence-electron chi connectivity index (χ1n) is 5.26. The van der Waals surface area contributed by atoms with Gasteiger partial charge in [0.25, 0.3) is 0 Å². The van der Waals surface area contributed by atoms with Crippen molar-refractivity contribution >= 4 is 0 Å². The van der Waals surface area contributed by atoms with Gasteiger partial charge in [0.1, 0.15) is 11.6 Å². The molecule has 0 fully saturated rings. The number of nitrogens with one attached hydrogen (secondary N) is 1. The van der Waals surface area contributed by atoms with E-state index in [2.05, 4.69) is 10.3 Å². The summed E-state index contributed by atoms with van der Waals surface area (Å²) in [4.78, 5) is 4.11. The first-order valence-corrected chi connectivity index (χ1v) is 5.26. The topological polar surface area (TPSA) is 24.9 Å². The third kappa shape index (κ3) is 2.31. The van der Waals surface area contributed by atoms with Gasteiger partial charge in [0.2, 0.25) is 0 Å². The molecule has 0 amide bonds. The summed E-state index contributed by atoms with van der Waals surface area (Å²) in [5.41, 5.74) is 0.577. The van der Waals surface area contributed by atoms with Crippen molar-refractivity contribution in [2.45, 2.75) is 6.04 Å². The summed E-state index contributed by atoms with van der Waals surface area (Å²) in [5, 5.41) is 2.87. The molecule has 1 unspecified atom stereocenters. The smallest absolute Gasteiger partial charge is 0.131 e. The van der Waals surface area contributed by atoms with Crippen molar-refractivity contribution in [3.05, 3.63) is 65.5 Å². The Labute approximate surface area is 98.3 Å². The number of benzene rings is 1. The summed E-state index contributed by atoms with van der Waals surface area (Å²) in [7, 11) is 1.64. The molecule has 1 heterocycles. The van der Waals surface area contributed by atoms with Crippen molar-refractivity contribution < 1.29 is 8.78 Å². The van der Waals surface area contributed by atoms with Crippen molar-refractivity contribution in [2.24, 2.45) is 0 Å². The molecule has 88 valence electrons. The Morgan fingerprint density at radius 2 is 1.76 bits per heavy atom. The fourth-order valence-electron chi connectivity index (χ4n) is 1.77. The standard InChI is InChI=1S/C13H12F2N2/c1-16-13(11-7-2-3-8-17-11)12-9(14)5-4-6-10(12)15/h2-8,13,16H,1H3. The van der Waals surface area contributed by atoms with E-state index in [1.54, 1.807) is 31.4 Å². The molecule has 2 nitrogen and oxygen atoms in total. The van der Waals surface area contributed by atoms with Crippen molar-refractivity contribution in [3.8, 4) is 0 Å². The van der Waals surface area contributed by atoms with E-state index in [-0.39, 0.29) is 5.56 Å². The van der Waals surface area contributed by atoms with E-state index in [0.717, 1.165) is 0 Å². The first kappa shape index (κ1) is 11.7. The average Bonchev–Trinajstić information content (AvgIpc) is 2.35. The normalized spacial score (nSPS) is 12.4. The summed E-state index contributed by atoms with van der Waals surface area (Å²) < 4.78 is 27.3. The van der Waals surface area contributed by atoms with Crippen LogP contribution in [-0.2, 0) is 0 Å². The third-order valence-electron chi connectivity index (χ3n) is 2.56. The lowest BCUT2D eigenvalue weighted by Gasteiger charge is -2.17. The average molecular weight is 234 g/mol. The van der Waals surface area contributed by atoms with Gasteiger partial charge in [-0.3, -0.25) is 4.98 Å². The van der Waals surface area contributed by atoms with E-state index in [1.165, 1.54) is 18.2 Å². The molecule has 0 spiro atoms. The Balaban J connectivity index is 2.50. The summed E-state index contributed by atoms with van der Waals surface area (Å²) in [6, 6.07) is 8.51. The van der Waals surface area contributed by atoms with E-state index >= 15 is 0 Å². The maximum Gasteiger partial charge on any atom is 0.131 e. The van der Waals surface area contributed by atoms with Crippen LogP contribution in [0, 0.1) is 11.6 Å². The second-order valence-electron chi connectivity index (χ2n) is 3.61. The molecule has 1 atom stereocenters. The van der Waals surface area contributed by atoms with E-state index in [9.17, 15) is 8.78 Å². The van der Waals surface area contributed by atoms with Crippen LogP contribution in [0.15, 0.2) is 42.6 Å². The van der Waals surface area contributed by atoms with Gasteiger partial charge in [0.15, 0.2) is 0 Å². The van der Waals surface area contributed by atoms with Crippen LogP contribution in [0.3, 0.4) is 0 Å². The lowest BCUT2D eigenvalue weighted by atomic mass is 10.0. The fraction of sp³-hybridized carbons (Fsp3) is 0.154. The largest absolute Gasteiger partial charge is 0.308 e. The Bertz CT molecular complexity index is 480.